The first-order valence-electron chi connectivity index (χ1n) is 7.95. The van der Waals surface area contributed by atoms with Crippen LogP contribution in [0.2, 0.25) is 0 Å². The van der Waals surface area contributed by atoms with Crippen molar-refractivity contribution in [3.8, 4) is 0 Å². The number of ether oxygens (including phenoxy) is 1. The van der Waals surface area contributed by atoms with E-state index in [0.717, 1.165) is 11.1 Å². The standard InChI is InChI=1S/C19H19NO3/c21-19(22)18-17(15-11-23-12-15)20(18)16(13-7-3-1-4-8-13)14-9-5-2-6-10-14/h1-10,15-18H,11-12H2,(H,21,22). The van der Waals surface area contributed by atoms with Crippen molar-refractivity contribution < 1.29 is 14.6 Å². The minimum absolute atomic E-state index is 0.0240. The van der Waals surface area contributed by atoms with E-state index in [-0.39, 0.29) is 12.1 Å². The summed E-state index contributed by atoms with van der Waals surface area (Å²) in [6.07, 6.45) is 0. The fraction of sp³-hybridized carbons (Fsp3) is 0.316. The van der Waals surface area contributed by atoms with Crippen molar-refractivity contribution in [3.63, 3.8) is 0 Å². The van der Waals surface area contributed by atoms with Gasteiger partial charge in [-0.2, -0.15) is 0 Å². The van der Waals surface area contributed by atoms with Crippen molar-refractivity contribution in [2.24, 2.45) is 5.92 Å². The van der Waals surface area contributed by atoms with Crippen LogP contribution in [0, 0.1) is 5.92 Å². The number of aliphatic carboxylic acids is 1. The van der Waals surface area contributed by atoms with E-state index in [1.165, 1.54) is 0 Å². The Labute approximate surface area is 135 Å². The van der Waals surface area contributed by atoms with Crippen molar-refractivity contribution in [2.75, 3.05) is 13.2 Å². The van der Waals surface area contributed by atoms with Gasteiger partial charge in [-0.1, -0.05) is 60.7 Å². The quantitative estimate of drug-likeness (QED) is 0.863. The zero-order valence-corrected chi connectivity index (χ0v) is 12.7. The van der Waals surface area contributed by atoms with Gasteiger partial charge in [0.15, 0.2) is 0 Å². The first kappa shape index (κ1) is 14.4. The zero-order chi connectivity index (χ0) is 15.8. The highest BCUT2D eigenvalue weighted by Gasteiger charge is 2.60. The lowest BCUT2D eigenvalue weighted by Crippen LogP contribution is -2.35. The predicted octanol–water partition coefficient (Wildman–Crippen LogP) is 2.56. The van der Waals surface area contributed by atoms with Gasteiger partial charge in [0.1, 0.15) is 6.04 Å². The molecule has 23 heavy (non-hydrogen) atoms. The molecule has 3 atom stereocenters. The number of nitrogens with zero attached hydrogens (tertiary/aromatic N) is 1. The SMILES string of the molecule is O=C(O)C1C(C2COC2)N1C(c1ccccc1)c1ccccc1. The van der Waals surface area contributed by atoms with Gasteiger partial charge in [-0.15, -0.1) is 0 Å². The molecule has 3 unspecified atom stereocenters. The van der Waals surface area contributed by atoms with E-state index in [2.05, 4.69) is 29.2 Å². The van der Waals surface area contributed by atoms with Crippen LogP contribution in [0.1, 0.15) is 17.2 Å². The first-order valence-corrected chi connectivity index (χ1v) is 7.95. The van der Waals surface area contributed by atoms with Crippen LogP contribution in [0.15, 0.2) is 60.7 Å². The predicted molar refractivity (Wildman–Crippen MR) is 86.1 cm³/mol. The van der Waals surface area contributed by atoms with Gasteiger partial charge in [0, 0.05) is 12.0 Å². The Balaban J connectivity index is 1.72. The third kappa shape index (κ3) is 2.54. The molecule has 2 heterocycles. The molecule has 0 radical (unpaired) electrons. The molecule has 2 fully saturated rings. The van der Waals surface area contributed by atoms with E-state index in [1.807, 2.05) is 36.4 Å². The number of carboxylic acids is 1. The van der Waals surface area contributed by atoms with E-state index in [1.54, 1.807) is 0 Å². The first-order chi connectivity index (χ1) is 11.3. The van der Waals surface area contributed by atoms with Gasteiger partial charge in [0.05, 0.1) is 19.3 Å². The van der Waals surface area contributed by atoms with Crippen LogP contribution < -0.4 is 0 Å². The third-order valence-electron chi connectivity index (χ3n) is 4.83. The van der Waals surface area contributed by atoms with Crippen LogP contribution >= 0.6 is 0 Å². The van der Waals surface area contributed by atoms with Crippen LogP contribution in [0.3, 0.4) is 0 Å². The summed E-state index contributed by atoms with van der Waals surface area (Å²) in [6.45, 7) is 1.34. The molecule has 0 saturated carbocycles. The molecule has 4 heteroatoms. The maximum atomic E-state index is 11.7. The van der Waals surface area contributed by atoms with Gasteiger partial charge < -0.3 is 9.84 Å². The normalized spacial score (nSPS) is 26.7. The fourth-order valence-electron chi connectivity index (χ4n) is 3.63. The molecule has 4 nitrogen and oxygen atoms in total. The molecule has 2 aromatic rings. The van der Waals surface area contributed by atoms with Crippen molar-refractivity contribution in [2.45, 2.75) is 18.1 Å². The van der Waals surface area contributed by atoms with Gasteiger partial charge in [0.2, 0.25) is 0 Å². The second kappa shape index (κ2) is 5.80. The summed E-state index contributed by atoms with van der Waals surface area (Å²) < 4.78 is 5.28. The summed E-state index contributed by atoms with van der Waals surface area (Å²) in [6, 6.07) is 19.9. The number of benzene rings is 2. The smallest absolute Gasteiger partial charge is 0.322 e. The number of hydrogen-bond donors (Lipinski definition) is 1. The van der Waals surface area contributed by atoms with E-state index >= 15 is 0 Å². The average Bonchev–Trinajstić information content (AvgIpc) is 3.23. The Hall–Kier alpha value is -2.17. The summed E-state index contributed by atoms with van der Waals surface area (Å²) in [5, 5.41) is 9.62. The highest BCUT2D eigenvalue weighted by molar-refractivity contribution is 5.78. The van der Waals surface area contributed by atoms with Crippen LogP contribution in [0.25, 0.3) is 0 Å². The van der Waals surface area contributed by atoms with Crippen LogP contribution in [0.4, 0.5) is 0 Å². The Morgan fingerprint density at radius 2 is 1.52 bits per heavy atom. The molecule has 2 saturated heterocycles. The van der Waals surface area contributed by atoms with Crippen molar-refractivity contribution in [1.29, 1.82) is 0 Å². The molecule has 2 aliphatic heterocycles. The summed E-state index contributed by atoms with van der Waals surface area (Å²) in [5.41, 5.74) is 2.26. The highest BCUT2D eigenvalue weighted by atomic mass is 16.5. The molecule has 0 amide bonds. The molecule has 2 aliphatic rings. The molecule has 118 valence electrons. The second-order valence-electron chi connectivity index (χ2n) is 6.24. The number of carboxylic acid groups (broad SMARTS) is 1. The average molecular weight is 309 g/mol. The van der Waals surface area contributed by atoms with E-state index in [0.29, 0.717) is 19.1 Å². The van der Waals surface area contributed by atoms with Crippen LogP contribution in [0.5, 0.6) is 0 Å². The van der Waals surface area contributed by atoms with Gasteiger partial charge >= 0.3 is 5.97 Å². The Morgan fingerprint density at radius 3 is 1.91 bits per heavy atom. The number of carbonyl (C=O) groups is 1. The Bertz CT molecular complexity index is 645. The minimum Gasteiger partial charge on any atom is -0.480 e. The lowest BCUT2D eigenvalue weighted by molar-refractivity contribution is -0.137. The lowest BCUT2D eigenvalue weighted by Gasteiger charge is -2.28. The summed E-state index contributed by atoms with van der Waals surface area (Å²) in [4.78, 5) is 13.8. The number of hydrogen-bond acceptors (Lipinski definition) is 3. The third-order valence-corrected chi connectivity index (χ3v) is 4.83. The van der Waals surface area contributed by atoms with Gasteiger partial charge in [-0.3, -0.25) is 9.69 Å². The largest absolute Gasteiger partial charge is 0.480 e. The second-order valence-corrected chi connectivity index (χ2v) is 6.24. The number of rotatable bonds is 5. The summed E-state index contributed by atoms with van der Waals surface area (Å²) >= 11 is 0. The molecular weight excluding hydrogens is 290 g/mol. The maximum absolute atomic E-state index is 11.7. The topological polar surface area (TPSA) is 49.5 Å². The molecule has 0 bridgehead atoms. The van der Waals surface area contributed by atoms with Crippen LogP contribution in [-0.2, 0) is 9.53 Å². The van der Waals surface area contributed by atoms with E-state index in [9.17, 15) is 9.90 Å². The summed E-state index contributed by atoms with van der Waals surface area (Å²) in [7, 11) is 0. The monoisotopic (exact) mass is 309 g/mol. The van der Waals surface area contributed by atoms with Crippen molar-refractivity contribution in [3.05, 3.63) is 71.8 Å². The Morgan fingerprint density at radius 1 is 1.00 bits per heavy atom. The molecule has 0 spiro atoms. The molecule has 0 aromatic heterocycles. The van der Waals surface area contributed by atoms with Crippen molar-refractivity contribution in [1.82, 2.24) is 4.90 Å². The summed E-state index contributed by atoms with van der Waals surface area (Å²) in [5.74, 6) is -0.412. The zero-order valence-electron chi connectivity index (χ0n) is 12.7. The molecule has 0 aliphatic carbocycles. The molecular formula is C19H19NO3. The molecule has 4 rings (SSSR count). The lowest BCUT2D eigenvalue weighted by atomic mass is 9.97. The maximum Gasteiger partial charge on any atom is 0.322 e. The van der Waals surface area contributed by atoms with Crippen molar-refractivity contribution >= 4 is 5.97 Å². The van der Waals surface area contributed by atoms with Gasteiger partial charge in [-0.05, 0) is 11.1 Å². The highest BCUT2D eigenvalue weighted by Crippen LogP contribution is 2.47. The van der Waals surface area contributed by atoms with E-state index < -0.39 is 12.0 Å². The van der Waals surface area contributed by atoms with Gasteiger partial charge in [-0.25, -0.2) is 0 Å². The van der Waals surface area contributed by atoms with E-state index in [4.69, 9.17) is 4.74 Å². The molecule has 1 N–H and O–H groups in total. The fourth-order valence-corrected chi connectivity index (χ4v) is 3.63. The van der Waals surface area contributed by atoms with Crippen LogP contribution in [-0.4, -0.2) is 41.3 Å². The Kier molecular flexibility index (Phi) is 3.63. The van der Waals surface area contributed by atoms with Gasteiger partial charge in [0.25, 0.3) is 0 Å². The minimum atomic E-state index is -0.737. The molecule has 2 aromatic carbocycles.